The van der Waals surface area contributed by atoms with Crippen LogP contribution in [0.5, 0.6) is 0 Å². The first kappa shape index (κ1) is 12.3. The van der Waals surface area contributed by atoms with Gasteiger partial charge in [-0.15, -0.1) is 0 Å². The Balaban J connectivity index is 1.68. The molecule has 0 spiro atoms. The van der Waals surface area contributed by atoms with Crippen LogP contribution < -0.4 is 5.32 Å². The summed E-state index contributed by atoms with van der Waals surface area (Å²) < 4.78 is 4.78. The van der Waals surface area contributed by atoms with Gasteiger partial charge in [0.05, 0.1) is 6.54 Å². The van der Waals surface area contributed by atoms with Crippen molar-refractivity contribution in [3.63, 3.8) is 0 Å². The third-order valence-corrected chi connectivity index (χ3v) is 2.69. The van der Waals surface area contributed by atoms with Crippen LogP contribution in [0.4, 0.5) is 4.79 Å². The van der Waals surface area contributed by atoms with Crippen molar-refractivity contribution in [2.75, 3.05) is 19.7 Å². The molecule has 1 aromatic rings. The molecule has 2 rings (SSSR count). The fourth-order valence-corrected chi connectivity index (χ4v) is 1.65. The minimum absolute atomic E-state index is 0.0773. The van der Waals surface area contributed by atoms with Gasteiger partial charge in [-0.1, -0.05) is 0 Å². The third kappa shape index (κ3) is 3.44. The van der Waals surface area contributed by atoms with E-state index in [1.165, 1.54) is 4.90 Å². The van der Waals surface area contributed by atoms with Crippen LogP contribution in [0, 0.1) is 0 Å². The fraction of sp³-hybridized carbons (Fsp3) is 0.417. The molecule has 1 aliphatic rings. The van der Waals surface area contributed by atoms with E-state index >= 15 is 0 Å². The molecule has 1 saturated heterocycles. The molecule has 6 nitrogen and oxygen atoms in total. The lowest BCUT2D eigenvalue weighted by molar-refractivity contribution is -0.121. The lowest BCUT2D eigenvalue weighted by atomic mass is 10.2. The lowest BCUT2D eigenvalue weighted by Gasteiger charge is -2.12. The highest BCUT2D eigenvalue weighted by Gasteiger charge is 2.21. The van der Waals surface area contributed by atoms with Crippen LogP contribution in [0.25, 0.3) is 0 Å². The Morgan fingerprint density at radius 2 is 2.22 bits per heavy atom. The zero-order valence-electron chi connectivity index (χ0n) is 9.96. The summed E-state index contributed by atoms with van der Waals surface area (Å²) in [6.07, 6.45) is 3.32. The molecule has 0 atom stereocenters. The van der Waals surface area contributed by atoms with Gasteiger partial charge in [-0.2, -0.15) is 0 Å². The molecule has 0 saturated carbocycles. The summed E-state index contributed by atoms with van der Waals surface area (Å²) in [5.74, 6) is -0.0773. The molecule has 0 unspecified atom stereocenters. The van der Waals surface area contributed by atoms with E-state index in [-0.39, 0.29) is 12.0 Å². The first-order valence-corrected chi connectivity index (χ1v) is 5.83. The van der Waals surface area contributed by atoms with Crippen LogP contribution in [0.3, 0.4) is 0 Å². The number of pyridine rings is 1. The molecule has 1 N–H and O–H groups in total. The van der Waals surface area contributed by atoms with Crippen molar-refractivity contribution in [2.45, 2.75) is 13.0 Å². The molecule has 6 heteroatoms. The molecule has 0 aromatic carbocycles. The van der Waals surface area contributed by atoms with E-state index in [1.54, 1.807) is 12.4 Å². The Bertz CT molecular complexity index is 422. The number of aromatic nitrogens is 1. The molecule has 2 amide bonds. The van der Waals surface area contributed by atoms with Crippen LogP contribution in [-0.2, 0) is 16.1 Å². The molecule has 1 aromatic heterocycles. The molecule has 96 valence electrons. The maximum atomic E-state index is 11.6. The van der Waals surface area contributed by atoms with Crippen LogP contribution in [0.1, 0.15) is 12.0 Å². The maximum absolute atomic E-state index is 11.6. The monoisotopic (exact) mass is 249 g/mol. The van der Waals surface area contributed by atoms with Crippen molar-refractivity contribution in [3.05, 3.63) is 30.1 Å². The molecule has 0 radical (unpaired) electrons. The summed E-state index contributed by atoms with van der Waals surface area (Å²) in [5.41, 5.74) is 0.999. The third-order valence-electron chi connectivity index (χ3n) is 2.69. The predicted molar refractivity (Wildman–Crippen MR) is 63.6 cm³/mol. The van der Waals surface area contributed by atoms with Crippen molar-refractivity contribution in [1.29, 1.82) is 0 Å². The average molecular weight is 249 g/mol. The summed E-state index contributed by atoms with van der Waals surface area (Å²) >= 11 is 0. The minimum Gasteiger partial charge on any atom is -0.448 e. The number of carbonyl (C=O) groups is 2. The second-order valence-electron chi connectivity index (χ2n) is 3.98. The SMILES string of the molecule is O=C(CCN1CCOC1=O)NCc1ccncc1. The number of carbonyl (C=O) groups excluding carboxylic acids is 2. The van der Waals surface area contributed by atoms with Gasteiger partial charge in [0.15, 0.2) is 0 Å². The van der Waals surface area contributed by atoms with E-state index in [2.05, 4.69) is 10.3 Å². The van der Waals surface area contributed by atoms with Gasteiger partial charge in [-0.05, 0) is 17.7 Å². The summed E-state index contributed by atoms with van der Waals surface area (Å²) in [5, 5.41) is 2.79. The molecule has 0 bridgehead atoms. The highest BCUT2D eigenvalue weighted by molar-refractivity contribution is 5.77. The van der Waals surface area contributed by atoms with E-state index in [0.717, 1.165) is 5.56 Å². The number of hydrogen-bond acceptors (Lipinski definition) is 4. The normalized spacial score (nSPS) is 14.4. The molecular formula is C12H15N3O3. The van der Waals surface area contributed by atoms with Crippen LogP contribution in [0.2, 0.25) is 0 Å². The Labute approximate surface area is 105 Å². The number of hydrogen-bond donors (Lipinski definition) is 1. The van der Waals surface area contributed by atoms with Gasteiger partial charge in [-0.3, -0.25) is 9.78 Å². The summed E-state index contributed by atoms with van der Waals surface area (Å²) in [6.45, 7) is 1.86. The second-order valence-corrected chi connectivity index (χ2v) is 3.98. The predicted octanol–water partition coefficient (Wildman–Crippen LogP) is 0.540. The Morgan fingerprint density at radius 1 is 1.44 bits per heavy atom. The van der Waals surface area contributed by atoms with Crippen molar-refractivity contribution in [1.82, 2.24) is 15.2 Å². The highest BCUT2D eigenvalue weighted by atomic mass is 16.6. The van der Waals surface area contributed by atoms with Crippen molar-refractivity contribution in [3.8, 4) is 0 Å². The van der Waals surface area contributed by atoms with Crippen LogP contribution in [0.15, 0.2) is 24.5 Å². The lowest BCUT2D eigenvalue weighted by Crippen LogP contribution is -2.31. The van der Waals surface area contributed by atoms with Crippen molar-refractivity contribution >= 4 is 12.0 Å². The van der Waals surface area contributed by atoms with Crippen molar-refractivity contribution in [2.24, 2.45) is 0 Å². The van der Waals surface area contributed by atoms with Crippen LogP contribution >= 0.6 is 0 Å². The zero-order valence-corrected chi connectivity index (χ0v) is 9.96. The van der Waals surface area contributed by atoms with Gasteiger partial charge >= 0.3 is 6.09 Å². The minimum atomic E-state index is -0.336. The van der Waals surface area contributed by atoms with E-state index in [4.69, 9.17) is 4.74 Å². The molecule has 18 heavy (non-hydrogen) atoms. The van der Waals surface area contributed by atoms with Crippen molar-refractivity contribution < 1.29 is 14.3 Å². The number of amides is 2. The van der Waals surface area contributed by atoms with E-state index in [9.17, 15) is 9.59 Å². The topological polar surface area (TPSA) is 71.5 Å². The van der Waals surface area contributed by atoms with Gasteiger partial charge < -0.3 is 15.0 Å². The number of cyclic esters (lactones) is 1. The molecule has 2 heterocycles. The summed E-state index contributed by atoms with van der Waals surface area (Å²) in [7, 11) is 0. The maximum Gasteiger partial charge on any atom is 0.409 e. The molecule has 1 fully saturated rings. The quantitative estimate of drug-likeness (QED) is 0.826. The van der Waals surface area contributed by atoms with Gasteiger partial charge in [0.2, 0.25) is 5.91 Å². The van der Waals surface area contributed by atoms with Gasteiger partial charge in [-0.25, -0.2) is 4.79 Å². The van der Waals surface area contributed by atoms with Crippen LogP contribution in [-0.4, -0.2) is 41.6 Å². The fourth-order valence-electron chi connectivity index (χ4n) is 1.65. The van der Waals surface area contributed by atoms with Gasteiger partial charge in [0.25, 0.3) is 0 Å². The Hall–Kier alpha value is -2.11. The molecule has 0 aliphatic carbocycles. The number of nitrogens with one attached hydrogen (secondary N) is 1. The van der Waals surface area contributed by atoms with Gasteiger partial charge in [0, 0.05) is 31.9 Å². The number of nitrogens with zero attached hydrogens (tertiary/aromatic N) is 2. The van der Waals surface area contributed by atoms with E-state index < -0.39 is 0 Å². The molecular weight excluding hydrogens is 234 g/mol. The first-order chi connectivity index (χ1) is 8.75. The first-order valence-electron chi connectivity index (χ1n) is 5.83. The Morgan fingerprint density at radius 3 is 2.89 bits per heavy atom. The summed E-state index contributed by atoms with van der Waals surface area (Å²) in [6, 6.07) is 3.69. The highest BCUT2D eigenvalue weighted by Crippen LogP contribution is 2.03. The van der Waals surface area contributed by atoms with E-state index in [1.807, 2.05) is 12.1 Å². The number of ether oxygens (including phenoxy) is 1. The molecule has 1 aliphatic heterocycles. The van der Waals surface area contributed by atoms with E-state index in [0.29, 0.717) is 32.7 Å². The van der Waals surface area contributed by atoms with Gasteiger partial charge in [0.1, 0.15) is 6.61 Å². The second kappa shape index (κ2) is 6.00. The average Bonchev–Trinajstić information content (AvgIpc) is 2.81. The Kier molecular flexibility index (Phi) is 4.11. The smallest absolute Gasteiger partial charge is 0.409 e. The number of rotatable bonds is 5. The zero-order chi connectivity index (χ0) is 12.8. The standard InChI is InChI=1S/C12H15N3O3/c16-11(3-6-15-7-8-18-12(15)17)14-9-10-1-4-13-5-2-10/h1-2,4-5H,3,6-9H2,(H,14,16). The summed E-state index contributed by atoms with van der Waals surface area (Å²) in [4.78, 5) is 28.1. The largest absolute Gasteiger partial charge is 0.448 e.